The van der Waals surface area contributed by atoms with Crippen LogP contribution < -0.4 is 9.80 Å². The van der Waals surface area contributed by atoms with Crippen LogP contribution in [0.15, 0.2) is 85.1 Å². The Morgan fingerprint density at radius 1 is 0.846 bits per heavy atom. The first-order chi connectivity index (χ1) is 18.2. The number of rotatable bonds is 3. The fourth-order valence-electron chi connectivity index (χ4n) is 5.18. The normalized spacial score (nSPS) is 12.8. The average Bonchev–Trinajstić information content (AvgIpc) is 2.91. The maximum Gasteiger partial charge on any atom is 0.140 e. The number of para-hydroxylation sites is 3. The van der Waals surface area contributed by atoms with Crippen LogP contribution in [0.4, 0.5) is 28.6 Å². The number of hydrogen-bond donors (Lipinski definition) is 1. The van der Waals surface area contributed by atoms with E-state index in [1.54, 1.807) is 6.07 Å². The molecule has 1 aliphatic heterocycles. The van der Waals surface area contributed by atoms with Gasteiger partial charge in [-0.3, -0.25) is 4.98 Å². The topological polar surface area (TPSA) is 52.5 Å². The number of fused-ring (bicyclic) bond motifs is 3. The van der Waals surface area contributed by atoms with E-state index in [1.807, 2.05) is 30.5 Å². The van der Waals surface area contributed by atoms with Gasteiger partial charge in [-0.2, -0.15) is 0 Å². The van der Waals surface area contributed by atoms with E-state index in [-0.39, 0.29) is 38.3 Å². The molecule has 1 N–H and O–H groups in total. The SMILES string of the molecule is CC(C)N1c2ccc(-c3ccc4cccc(O)c4n3)[c-]c2N(c2cc(C(C)(C)C)ccn2)c2ccccc21.[Pt]. The second-order valence-electron chi connectivity index (χ2n) is 11.1. The molecule has 0 unspecified atom stereocenters. The minimum Gasteiger partial charge on any atom is -0.506 e. The van der Waals surface area contributed by atoms with Crippen molar-refractivity contribution in [2.45, 2.75) is 46.1 Å². The van der Waals surface area contributed by atoms with Gasteiger partial charge in [0.15, 0.2) is 0 Å². The molecule has 3 aromatic carbocycles. The molecule has 0 saturated heterocycles. The number of aromatic hydroxyl groups is 1. The van der Waals surface area contributed by atoms with Crippen LogP contribution in [-0.4, -0.2) is 21.1 Å². The molecule has 5 nitrogen and oxygen atoms in total. The van der Waals surface area contributed by atoms with Crippen LogP contribution in [0.3, 0.4) is 0 Å². The summed E-state index contributed by atoms with van der Waals surface area (Å²) in [7, 11) is 0. The van der Waals surface area contributed by atoms with Gasteiger partial charge >= 0.3 is 0 Å². The van der Waals surface area contributed by atoms with E-state index in [1.165, 1.54) is 5.56 Å². The first-order valence-electron chi connectivity index (χ1n) is 13.0. The molecule has 2 aromatic heterocycles. The molecule has 0 fully saturated rings. The van der Waals surface area contributed by atoms with Crippen molar-refractivity contribution in [1.29, 1.82) is 0 Å². The van der Waals surface area contributed by atoms with Crippen LogP contribution in [0.1, 0.15) is 40.2 Å². The van der Waals surface area contributed by atoms with Gasteiger partial charge in [-0.05, 0) is 72.2 Å². The van der Waals surface area contributed by atoms with Crippen molar-refractivity contribution in [2.24, 2.45) is 0 Å². The quantitative estimate of drug-likeness (QED) is 0.192. The number of nitrogens with zero attached hydrogens (tertiary/aromatic N) is 4. The zero-order valence-electron chi connectivity index (χ0n) is 22.7. The molecule has 6 rings (SSSR count). The van der Waals surface area contributed by atoms with Gasteiger partial charge in [-0.25, -0.2) is 4.98 Å². The summed E-state index contributed by atoms with van der Waals surface area (Å²) in [5.74, 6) is 1.03. The Balaban J connectivity index is 0.00000308. The van der Waals surface area contributed by atoms with E-state index in [4.69, 9.17) is 9.97 Å². The minimum absolute atomic E-state index is 0. The molecule has 5 aromatic rings. The second-order valence-corrected chi connectivity index (χ2v) is 11.1. The molecular formula is C33H31N4OPt-. The zero-order chi connectivity index (χ0) is 26.6. The van der Waals surface area contributed by atoms with E-state index in [2.05, 4.69) is 99.0 Å². The average molecular weight is 695 g/mol. The summed E-state index contributed by atoms with van der Waals surface area (Å²) in [6.45, 7) is 11.1. The molecule has 1 aliphatic rings. The van der Waals surface area contributed by atoms with Gasteiger partial charge in [0.25, 0.3) is 0 Å². The van der Waals surface area contributed by atoms with Gasteiger partial charge in [-0.15, -0.1) is 23.8 Å². The van der Waals surface area contributed by atoms with Crippen molar-refractivity contribution >= 4 is 39.5 Å². The Morgan fingerprint density at radius 3 is 2.36 bits per heavy atom. The Hall–Kier alpha value is -3.69. The molecule has 0 spiro atoms. The van der Waals surface area contributed by atoms with Gasteiger partial charge < -0.3 is 14.9 Å². The number of hydrogen-bond acceptors (Lipinski definition) is 5. The van der Waals surface area contributed by atoms with Crippen molar-refractivity contribution in [3.05, 3.63) is 96.7 Å². The maximum absolute atomic E-state index is 10.4. The molecule has 0 atom stereocenters. The van der Waals surface area contributed by atoms with Gasteiger partial charge in [0.2, 0.25) is 0 Å². The van der Waals surface area contributed by atoms with Crippen LogP contribution >= 0.6 is 0 Å². The molecule has 0 amide bonds. The number of benzene rings is 3. The van der Waals surface area contributed by atoms with Crippen LogP contribution in [0, 0.1) is 6.07 Å². The maximum atomic E-state index is 10.4. The Labute approximate surface area is 244 Å². The van der Waals surface area contributed by atoms with Crippen LogP contribution in [0.2, 0.25) is 0 Å². The molecule has 0 radical (unpaired) electrons. The number of phenolic OH excluding ortho intramolecular Hbond substituents is 1. The van der Waals surface area contributed by atoms with E-state index < -0.39 is 0 Å². The molecule has 200 valence electrons. The van der Waals surface area contributed by atoms with Crippen molar-refractivity contribution in [2.75, 3.05) is 9.80 Å². The van der Waals surface area contributed by atoms with Crippen LogP contribution in [0.5, 0.6) is 5.75 Å². The minimum atomic E-state index is -0.0115. The van der Waals surface area contributed by atoms with Crippen molar-refractivity contribution < 1.29 is 26.2 Å². The third-order valence-electron chi connectivity index (χ3n) is 7.10. The Kier molecular flexibility index (Phi) is 6.98. The zero-order valence-corrected chi connectivity index (χ0v) is 25.0. The van der Waals surface area contributed by atoms with E-state index in [0.29, 0.717) is 5.52 Å². The fraction of sp³-hybridized carbons (Fsp3) is 0.212. The summed E-state index contributed by atoms with van der Waals surface area (Å²) < 4.78 is 0. The van der Waals surface area contributed by atoms with Crippen LogP contribution in [-0.2, 0) is 26.5 Å². The smallest absolute Gasteiger partial charge is 0.140 e. The predicted octanol–water partition coefficient (Wildman–Crippen LogP) is 8.43. The number of pyridine rings is 2. The van der Waals surface area contributed by atoms with Crippen molar-refractivity contribution in [3.63, 3.8) is 0 Å². The first-order valence-corrected chi connectivity index (χ1v) is 13.0. The largest absolute Gasteiger partial charge is 0.506 e. The Morgan fingerprint density at radius 2 is 1.62 bits per heavy atom. The summed E-state index contributed by atoms with van der Waals surface area (Å²) in [6.07, 6.45) is 1.89. The van der Waals surface area contributed by atoms with Gasteiger partial charge in [0, 0.05) is 38.7 Å². The van der Waals surface area contributed by atoms with E-state index in [0.717, 1.165) is 45.2 Å². The van der Waals surface area contributed by atoms with Crippen molar-refractivity contribution in [1.82, 2.24) is 9.97 Å². The molecule has 3 heterocycles. The summed E-state index contributed by atoms with van der Waals surface area (Å²) >= 11 is 0. The third kappa shape index (κ3) is 4.70. The van der Waals surface area contributed by atoms with Gasteiger partial charge in [-0.1, -0.05) is 57.2 Å². The molecule has 0 saturated carbocycles. The Bertz CT molecular complexity index is 1670. The number of anilines is 5. The number of aromatic nitrogens is 2. The van der Waals surface area contributed by atoms with E-state index >= 15 is 0 Å². The molecule has 39 heavy (non-hydrogen) atoms. The monoisotopic (exact) mass is 694 g/mol. The van der Waals surface area contributed by atoms with Crippen LogP contribution in [0.25, 0.3) is 22.2 Å². The standard InChI is InChI=1S/C33H31N4O.Pt/c1-21(2)36-26-10-6-7-11-27(26)37(31-20-24(17-18-34-31)33(3,4)5)29-19-23(14-16-28(29)36)25-15-13-22-9-8-12-30(38)32(22)35-25;/h6-18,20-21,38H,1-5H3;/q-1;. The third-order valence-corrected chi connectivity index (χ3v) is 7.10. The second kappa shape index (κ2) is 10.1. The summed E-state index contributed by atoms with van der Waals surface area (Å²) in [6, 6.07) is 30.3. The fourth-order valence-corrected chi connectivity index (χ4v) is 5.18. The van der Waals surface area contributed by atoms with Crippen molar-refractivity contribution in [3.8, 4) is 17.0 Å². The summed E-state index contributed by atoms with van der Waals surface area (Å²) in [5, 5.41) is 11.3. The summed E-state index contributed by atoms with van der Waals surface area (Å²) in [4.78, 5) is 14.2. The first kappa shape index (κ1) is 26.9. The van der Waals surface area contributed by atoms with E-state index in [9.17, 15) is 5.11 Å². The molecular weight excluding hydrogens is 663 g/mol. The molecule has 0 bridgehead atoms. The molecule has 6 heteroatoms. The predicted molar refractivity (Wildman–Crippen MR) is 156 cm³/mol. The number of phenols is 1. The molecule has 0 aliphatic carbocycles. The van der Waals surface area contributed by atoms with Gasteiger partial charge in [0.1, 0.15) is 17.1 Å². The van der Waals surface area contributed by atoms with Gasteiger partial charge in [0.05, 0.1) is 11.4 Å². The summed E-state index contributed by atoms with van der Waals surface area (Å²) in [5.41, 5.74) is 7.58.